The molecule has 1 aromatic heterocycles. The molecule has 0 saturated carbocycles. The lowest BCUT2D eigenvalue weighted by Crippen LogP contribution is -2.04. The maximum absolute atomic E-state index is 5.81. The number of allylic oxidation sites excluding steroid dienone is 13. The van der Waals surface area contributed by atoms with Crippen LogP contribution in [0, 0.1) is 5.41 Å². The van der Waals surface area contributed by atoms with E-state index in [2.05, 4.69) is 124 Å². The zero-order valence-electron chi connectivity index (χ0n) is 35.9. The monoisotopic (exact) mass is 759 g/mol. The molecule has 57 heavy (non-hydrogen) atoms. The van der Waals surface area contributed by atoms with Crippen LogP contribution in [-0.4, -0.2) is 6.72 Å². The van der Waals surface area contributed by atoms with Gasteiger partial charge in [-0.2, -0.15) is 0 Å². The SMILES string of the molecule is C=C/C=C\C(=C/C)c1ccc(C(C)N)cc1.C=N.CC.CC.CC1=CC2=C(CC1)C1=C(c3ccccc3)CCC=C1C2.CCc1ccc2c(c1)oc1ccccc12. The highest BCUT2D eigenvalue weighted by atomic mass is 16.3. The Kier molecular flexibility index (Phi) is 19.5. The van der Waals surface area contributed by atoms with Crippen LogP contribution in [0.3, 0.4) is 0 Å². The van der Waals surface area contributed by atoms with Gasteiger partial charge in [0, 0.05) is 16.8 Å². The Labute approximate surface area is 344 Å². The minimum atomic E-state index is 0.0897. The number of rotatable bonds is 6. The maximum atomic E-state index is 5.81. The zero-order valence-corrected chi connectivity index (χ0v) is 35.9. The summed E-state index contributed by atoms with van der Waals surface area (Å²) in [7, 11) is 0. The van der Waals surface area contributed by atoms with Gasteiger partial charge in [0.15, 0.2) is 0 Å². The Morgan fingerprint density at radius 3 is 2.14 bits per heavy atom. The number of para-hydroxylation sites is 1. The summed E-state index contributed by atoms with van der Waals surface area (Å²) in [4.78, 5) is 0. The van der Waals surface area contributed by atoms with Crippen LogP contribution < -0.4 is 5.73 Å². The molecule has 5 aromatic rings. The summed E-state index contributed by atoms with van der Waals surface area (Å²) < 4.78 is 5.79. The molecule has 0 spiro atoms. The number of hydrogen-bond acceptors (Lipinski definition) is 3. The third kappa shape index (κ3) is 12.0. The quantitative estimate of drug-likeness (QED) is 0.134. The van der Waals surface area contributed by atoms with Gasteiger partial charge in [0.2, 0.25) is 0 Å². The first kappa shape index (κ1) is 45.9. The van der Waals surface area contributed by atoms with Crippen molar-refractivity contribution >= 4 is 39.8 Å². The van der Waals surface area contributed by atoms with E-state index in [4.69, 9.17) is 15.6 Å². The van der Waals surface area contributed by atoms with E-state index in [1.54, 1.807) is 39.5 Å². The Morgan fingerprint density at radius 1 is 0.825 bits per heavy atom. The molecule has 3 aliphatic rings. The van der Waals surface area contributed by atoms with Crippen molar-refractivity contribution in [1.29, 1.82) is 5.41 Å². The van der Waals surface area contributed by atoms with Crippen molar-refractivity contribution < 1.29 is 4.42 Å². The minimum absolute atomic E-state index is 0.0897. The van der Waals surface area contributed by atoms with Crippen molar-refractivity contribution in [1.82, 2.24) is 0 Å². The van der Waals surface area contributed by atoms with Gasteiger partial charge in [0.05, 0.1) is 0 Å². The Balaban J connectivity index is 0.000000217. The van der Waals surface area contributed by atoms with Crippen molar-refractivity contribution in [2.24, 2.45) is 5.73 Å². The standard InChI is InChI=1S/C20H20.C15H19N.C14H12O.2C2H6.CH3N/c1-14-10-11-19-17(12-14)13-16-8-5-9-18(20(16)19)15-6-3-2-4-7-15;1-4-6-7-13(5-2)15-10-8-14(9-11-15)12(3)16;1-2-10-7-8-12-11-5-3-4-6-13(11)15-14(12)9-10;3*1-2/h2-4,6-8,12H,5,9-11,13H2,1H3;4-12H,1,16H2,2-3H3;3-9H,2H2,1H3;2*1-2H3;2H,1H2/b;7-6-,13-5+;;;;. The second kappa shape index (κ2) is 24.2. The van der Waals surface area contributed by atoms with Crippen molar-refractivity contribution in [3.63, 3.8) is 0 Å². The first-order valence-corrected chi connectivity index (χ1v) is 20.8. The van der Waals surface area contributed by atoms with E-state index in [9.17, 15) is 0 Å². The third-order valence-corrected chi connectivity index (χ3v) is 10.1. The van der Waals surface area contributed by atoms with Gasteiger partial charge in [-0.1, -0.05) is 168 Å². The summed E-state index contributed by atoms with van der Waals surface area (Å²) in [5.74, 6) is 0. The molecule has 3 heteroatoms. The molecule has 298 valence electrons. The second-order valence-corrected chi connectivity index (χ2v) is 13.7. The highest BCUT2D eigenvalue weighted by molar-refractivity contribution is 6.04. The van der Waals surface area contributed by atoms with Crippen molar-refractivity contribution in [2.45, 2.75) is 100.0 Å². The molecule has 1 unspecified atom stereocenters. The van der Waals surface area contributed by atoms with Gasteiger partial charge >= 0.3 is 0 Å². The van der Waals surface area contributed by atoms with E-state index < -0.39 is 0 Å². The lowest BCUT2D eigenvalue weighted by Gasteiger charge is -2.21. The predicted molar refractivity (Wildman–Crippen MR) is 253 cm³/mol. The minimum Gasteiger partial charge on any atom is -0.456 e. The topological polar surface area (TPSA) is 63.0 Å². The molecule has 0 bridgehead atoms. The van der Waals surface area contributed by atoms with E-state index in [0.717, 1.165) is 23.2 Å². The Morgan fingerprint density at radius 2 is 1.49 bits per heavy atom. The van der Waals surface area contributed by atoms with Crippen molar-refractivity contribution in [3.05, 3.63) is 190 Å². The van der Waals surface area contributed by atoms with Crippen LogP contribution in [0.5, 0.6) is 0 Å². The van der Waals surface area contributed by atoms with Crippen LogP contribution in [0.25, 0.3) is 33.1 Å². The highest BCUT2D eigenvalue weighted by Gasteiger charge is 2.29. The number of nitrogens with one attached hydrogen (secondary N) is 1. The highest BCUT2D eigenvalue weighted by Crippen LogP contribution is 2.49. The summed E-state index contributed by atoms with van der Waals surface area (Å²) >= 11 is 0. The Hall–Kier alpha value is -5.51. The molecule has 0 radical (unpaired) electrons. The van der Waals surface area contributed by atoms with Crippen LogP contribution >= 0.6 is 0 Å². The normalized spacial score (nSPS) is 14.7. The largest absolute Gasteiger partial charge is 0.456 e. The molecular weight excluding hydrogens is 693 g/mol. The molecule has 0 aliphatic heterocycles. The summed E-state index contributed by atoms with van der Waals surface area (Å²) in [5, 5.41) is 7.91. The number of nitrogens with two attached hydrogens (primary N) is 1. The van der Waals surface area contributed by atoms with Gasteiger partial charge in [0.1, 0.15) is 11.2 Å². The van der Waals surface area contributed by atoms with Gasteiger partial charge in [-0.15, -0.1) is 0 Å². The molecule has 3 N–H and O–H groups in total. The first-order chi connectivity index (χ1) is 27.9. The molecular formula is C54H66N2O. The van der Waals surface area contributed by atoms with E-state index in [1.165, 1.54) is 65.1 Å². The molecule has 1 heterocycles. The van der Waals surface area contributed by atoms with Crippen LogP contribution in [0.15, 0.2) is 172 Å². The van der Waals surface area contributed by atoms with Crippen LogP contribution in [-0.2, 0) is 6.42 Å². The number of hydrogen-bond donors (Lipinski definition) is 2. The van der Waals surface area contributed by atoms with Crippen molar-refractivity contribution in [2.75, 3.05) is 0 Å². The first-order valence-electron chi connectivity index (χ1n) is 20.8. The van der Waals surface area contributed by atoms with Crippen LogP contribution in [0.1, 0.15) is 116 Å². The third-order valence-electron chi connectivity index (χ3n) is 10.1. The lowest BCUT2D eigenvalue weighted by atomic mass is 9.84. The molecule has 3 aliphatic carbocycles. The molecule has 0 saturated heterocycles. The smallest absolute Gasteiger partial charge is 0.135 e. The molecule has 0 fully saturated rings. The average Bonchev–Trinajstić information content (AvgIpc) is 3.84. The number of aryl methyl sites for hydroxylation is 1. The maximum Gasteiger partial charge on any atom is 0.135 e. The lowest BCUT2D eigenvalue weighted by molar-refractivity contribution is 0.668. The molecule has 0 amide bonds. The van der Waals surface area contributed by atoms with E-state index in [1.807, 2.05) is 71.9 Å². The van der Waals surface area contributed by atoms with Gasteiger partial charge in [-0.05, 0) is 134 Å². The zero-order chi connectivity index (χ0) is 41.7. The summed E-state index contributed by atoms with van der Waals surface area (Å²) in [5.41, 5.74) is 23.6. The van der Waals surface area contributed by atoms with Gasteiger partial charge in [-0.25, -0.2) is 0 Å². The summed E-state index contributed by atoms with van der Waals surface area (Å²) in [6.45, 7) is 22.6. The Bertz CT molecular complexity index is 2220. The van der Waals surface area contributed by atoms with E-state index >= 15 is 0 Å². The van der Waals surface area contributed by atoms with E-state index in [0.29, 0.717) is 0 Å². The predicted octanol–water partition coefficient (Wildman–Crippen LogP) is 15.9. The van der Waals surface area contributed by atoms with Crippen molar-refractivity contribution in [3.8, 4) is 0 Å². The van der Waals surface area contributed by atoms with Gasteiger partial charge in [-0.3, -0.25) is 0 Å². The van der Waals surface area contributed by atoms with Crippen LogP contribution in [0.2, 0.25) is 0 Å². The number of furan rings is 1. The summed E-state index contributed by atoms with van der Waals surface area (Å²) in [6, 6.07) is 34.0. The fraction of sp³-hybridized carbons (Fsp3) is 0.278. The molecule has 3 nitrogen and oxygen atoms in total. The number of fused-ring (bicyclic) bond motifs is 5. The second-order valence-electron chi connectivity index (χ2n) is 13.7. The van der Waals surface area contributed by atoms with Gasteiger partial charge in [0.25, 0.3) is 0 Å². The average molecular weight is 759 g/mol. The molecule has 4 aromatic carbocycles. The molecule has 8 rings (SSSR count). The van der Waals surface area contributed by atoms with E-state index in [-0.39, 0.29) is 6.04 Å². The summed E-state index contributed by atoms with van der Waals surface area (Å²) in [6.07, 6.45) is 19.8. The fourth-order valence-electron chi connectivity index (χ4n) is 7.36. The van der Waals surface area contributed by atoms with Gasteiger partial charge < -0.3 is 15.6 Å². The molecule has 1 atom stereocenters. The van der Waals surface area contributed by atoms with Crippen LogP contribution in [0.4, 0.5) is 0 Å². The number of benzene rings is 4. The fourth-order valence-corrected chi connectivity index (χ4v) is 7.36.